The van der Waals surface area contributed by atoms with Gasteiger partial charge in [-0.15, -0.1) is 24.0 Å². The van der Waals surface area contributed by atoms with Crippen LogP contribution < -0.4 is 5.73 Å². The van der Waals surface area contributed by atoms with Crippen LogP contribution in [-0.4, -0.2) is 0 Å². The minimum absolute atomic E-state index is 0.819. The number of thiol groups is 1. The number of aryl methyl sites for hydroxylation is 1. The van der Waals surface area contributed by atoms with Gasteiger partial charge in [-0.2, -0.15) is 0 Å². The van der Waals surface area contributed by atoms with Crippen LogP contribution in [0.5, 0.6) is 0 Å². The lowest BCUT2D eigenvalue weighted by Gasteiger charge is -1.99. The van der Waals surface area contributed by atoms with Crippen LogP contribution in [0.1, 0.15) is 12.5 Å². The van der Waals surface area contributed by atoms with E-state index in [1.165, 1.54) is 15.6 Å². The third-order valence-electron chi connectivity index (χ3n) is 2.18. The highest BCUT2D eigenvalue weighted by Crippen LogP contribution is 2.38. The molecule has 1 nitrogen and oxygen atoms in total. The lowest BCUT2D eigenvalue weighted by Crippen LogP contribution is -1.82. The molecule has 0 fully saturated rings. The zero-order valence-electron chi connectivity index (χ0n) is 7.37. The van der Waals surface area contributed by atoms with Crippen molar-refractivity contribution in [3.05, 3.63) is 23.8 Å². The highest BCUT2D eigenvalue weighted by atomic mass is 32.1. The van der Waals surface area contributed by atoms with E-state index in [9.17, 15) is 0 Å². The maximum atomic E-state index is 5.82. The van der Waals surface area contributed by atoms with Gasteiger partial charge in [-0.05, 0) is 18.1 Å². The molecule has 0 radical (unpaired) electrons. The Balaban J connectivity index is 2.87. The average Bonchev–Trinajstić information content (AvgIpc) is 2.43. The van der Waals surface area contributed by atoms with Gasteiger partial charge in [0.2, 0.25) is 0 Å². The summed E-state index contributed by atoms with van der Waals surface area (Å²) in [4.78, 5) is 0.942. The summed E-state index contributed by atoms with van der Waals surface area (Å²) in [6.07, 6.45) is 1.03. The van der Waals surface area contributed by atoms with Gasteiger partial charge in [0.25, 0.3) is 0 Å². The second kappa shape index (κ2) is 3.24. The lowest BCUT2D eigenvalue weighted by atomic mass is 10.1. The number of hydrogen-bond acceptors (Lipinski definition) is 3. The van der Waals surface area contributed by atoms with E-state index in [0.717, 1.165) is 16.3 Å². The molecule has 0 spiro atoms. The summed E-state index contributed by atoms with van der Waals surface area (Å²) in [7, 11) is 0. The van der Waals surface area contributed by atoms with Crippen molar-refractivity contribution in [3.8, 4) is 0 Å². The lowest BCUT2D eigenvalue weighted by molar-refractivity contribution is 1.16. The van der Waals surface area contributed by atoms with Crippen LogP contribution in [-0.2, 0) is 6.42 Å². The molecule has 1 aromatic heterocycles. The van der Waals surface area contributed by atoms with E-state index in [4.69, 9.17) is 5.73 Å². The van der Waals surface area contributed by atoms with E-state index in [1.54, 1.807) is 11.3 Å². The third-order valence-corrected chi connectivity index (χ3v) is 3.78. The summed E-state index contributed by atoms with van der Waals surface area (Å²) < 4.78 is 1.24. The van der Waals surface area contributed by atoms with Crippen molar-refractivity contribution in [2.75, 3.05) is 5.73 Å². The Kier molecular flexibility index (Phi) is 2.22. The van der Waals surface area contributed by atoms with Crippen LogP contribution in [0.3, 0.4) is 0 Å². The van der Waals surface area contributed by atoms with Crippen LogP contribution in [0, 0.1) is 0 Å². The molecule has 0 bridgehead atoms. The Hall–Kier alpha value is -0.670. The third kappa shape index (κ3) is 1.32. The Morgan fingerprint density at radius 1 is 1.46 bits per heavy atom. The van der Waals surface area contributed by atoms with Crippen molar-refractivity contribution < 1.29 is 0 Å². The van der Waals surface area contributed by atoms with Gasteiger partial charge in [0.05, 0.1) is 0 Å². The molecule has 0 amide bonds. The summed E-state index contributed by atoms with van der Waals surface area (Å²) in [5.41, 5.74) is 7.15. The van der Waals surface area contributed by atoms with Crippen molar-refractivity contribution in [2.24, 2.45) is 0 Å². The SMILES string of the molecule is CCc1cccc2sc(N)c(S)c12. The molecule has 2 aromatic rings. The van der Waals surface area contributed by atoms with Gasteiger partial charge in [0, 0.05) is 15.0 Å². The van der Waals surface area contributed by atoms with Gasteiger partial charge >= 0.3 is 0 Å². The van der Waals surface area contributed by atoms with Crippen LogP contribution >= 0.6 is 24.0 Å². The molecule has 2 N–H and O–H groups in total. The van der Waals surface area contributed by atoms with E-state index in [1.807, 2.05) is 0 Å². The first kappa shape index (κ1) is 8.91. The quantitative estimate of drug-likeness (QED) is 0.692. The van der Waals surface area contributed by atoms with Crippen molar-refractivity contribution in [2.45, 2.75) is 18.2 Å². The molecule has 2 rings (SSSR count). The fourth-order valence-corrected chi connectivity index (χ4v) is 2.91. The maximum Gasteiger partial charge on any atom is 0.100 e. The molecule has 0 saturated heterocycles. The standard InChI is InChI=1S/C10H11NS2/c1-2-6-4-3-5-7-8(6)9(12)10(11)13-7/h3-5,12H,2,11H2,1H3. The van der Waals surface area contributed by atoms with Crippen LogP contribution in [0.2, 0.25) is 0 Å². The summed E-state index contributed by atoms with van der Waals surface area (Å²) >= 11 is 6.03. The Morgan fingerprint density at radius 3 is 2.92 bits per heavy atom. The number of benzene rings is 1. The van der Waals surface area contributed by atoms with Gasteiger partial charge < -0.3 is 5.73 Å². The molecule has 3 heteroatoms. The zero-order valence-corrected chi connectivity index (χ0v) is 9.08. The number of fused-ring (bicyclic) bond motifs is 1. The summed E-state index contributed by atoms with van der Waals surface area (Å²) in [6, 6.07) is 6.30. The molecular formula is C10H11NS2. The first-order valence-electron chi connectivity index (χ1n) is 4.23. The number of hydrogen-bond donors (Lipinski definition) is 2. The van der Waals surface area contributed by atoms with E-state index >= 15 is 0 Å². The largest absolute Gasteiger partial charge is 0.390 e. The monoisotopic (exact) mass is 209 g/mol. The number of nitrogen functional groups attached to an aromatic ring is 1. The Morgan fingerprint density at radius 2 is 2.23 bits per heavy atom. The summed E-state index contributed by atoms with van der Waals surface area (Å²) in [6.45, 7) is 2.15. The van der Waals surface area contributed by atoms with Gasteiger partial charge in [0.1, 0.15) is 5.00 Å². The van der Waals surface area contributed by atoms with Gasteiger partial charge in [0.15, 0.2) is 0 Å². The second-order valence-corrected chi connectivity index (χ2v) is 4.49. The van der Waals surface area contributed by atoms with E-state index in [2.05, 4.69) is 37.8 Å². The molecule has 1 aromatic carbocycles. The predicted molar refractivity (Wildman–Crippen MR) is 62.9 cm³/mol. The van der Waals surface area contributed by atoms with Crippen LogP contribution in [0.4, 0.5) is 5.00 Å². The fourth-order valence-electron chi connectivity index (χ4n) is 1.52. The molecule has 0 aliphatic heterocycles. The number of rotatable bonds is 1. The average molecular weight is 209 g/mol. The van der Waals surface area contributed by atoms with Crippen molar-refractivity contribution in [1.29, 1.82) is 0 Å². The van der Waals surface area contributed by atoms with E-state index in [-0.39, 0.29) is 0 Å². The number of nitrogens with two attached hydrogens (primary N) is 1. The van der Waals surface area contributed by atoms with Gasteiger partial charge in [-0.1, -0.05) is 19.1 Å². The number of thiophene rings is 1. The minimum atomic E-state index is 0.819. The van der Waals surface area contributed by atoms with Crippen molar-refractivity contribution >= 4 is 39.1 Å². The Labute approximate surface area is 87.0 Å². The fraction of sp³-hybridized carbons (Fsp3) is 0.200. The van der Waals surface area contributed by atoms with Gasteiger partial charge in [-0.25, -0.2) is 0 Å². The first-order valence-corrected chi connectivity index (χ1v) is 5.49. The minimum Gasteiger partial charge on any atom is -0.390 e. The molecule has 13 heavy (non-hydrogen) atoms. The second-order valence-electron chi connectivity index (χ2n) is 2.96. The first-order chi connectivity index (χ1) is 6.24. The molecule has 1 heterocycles. The molecule has 0 aliphatic carbocycles. The van der Waals surface area contributed by atoms with Crippen LogP contribution in [0.25, 0.3) is 10.1 Å². The highest BCUT2D eigenvalue weighted by Gasteiger charge is 2.08. The van der Waals surface area contributed by atoms with Crippen molar-refractivity contribution in [1.82, 2.24) is 0 Å². The highest BCUT2D eigenvalue weighted by molar-refractivity contribution is 7.81. The predicted octanol–water partition coefficient (Wildman–Crippen LogP) is 3.33. The molecular weight excluding hydrogens is 198 g/mol. The smallest absolute Gasteiger partial charge is 0.100 e. The van der Waals surface area contributed by atoms with Crippen molar-refractivity contribution in [3.63, 3.8) is 0 Å². The summed E-state index contributed by atoms with van der Waals surface area (Å²) in [5.74, 6) is 0. The molecule has 0 unspecified atom stereocenters. The van der Waals surface area contributed by atoms with E-state index < -0.39 is 0 Å². The summed E-state index contributed by atoms with van der Waals surface area (Å²) in [5, 5.41) is 2.05. The van der Waals surface area contributed by atoms with E-state index in [0.29, 0.717) is 0 Å². The zero-order chi connectivity index (χ0) is 9.42. The molecule has 68 valence electrons. The normalized spacial score (nSPS) is 10.9. The maximum absolute atomic E-state index is 5.82. The molecule has 0 atom stereocenters. The van der Waals surface area contributed by atoms with Gasteiger partial charge in [-0.3, -0.25) is 0 Å². The molecule has 0 saturated carbocycles. The number of anilines is 1. The van der Waals surface area contributed by atoms with Crippen LogP contribution in [0.15, 0.2) is 23.1 Å². The molecule has 0 aliphatic rings. The Bertz CT molecular complexity index is 445. The topological polar surface area (TPSA) is 26.0 Å².